The van der Waals surface area contributed by atoms with Gasteiger partial charge in [0, 0.05) is 0 Å². The molecule has 0 unspecified atom stereocenters. The molecule has 1 nitrogen and oxygen atoms in total. The fourth-order valence-corrected chi connectivity index (χ4v) is 1.74. The van der Waals surface area contributed by atoms with Crippen LogP contribution in [0.2, 0.25) is 0 Å². The summed E-state index contributed by atoms with van der Waals surface area (Å²) in [5.41, 5.74) is 3.01. The summed E-state index contributed by atoms with van der Waals surface area (Å²) in [4.78, 5) is 0. The van der Waals surface area contributed by atoms with Gasteiger partial charge in [0.1, 0.15) is 5.75 Å². The van der Waals surface area contributed by atoms with Gasteiger partial charge in [-0.05, 0) is 36.0 Å². The number of rotatable bonds is 6. The van der Waals surface area contributed by atoms with E-state index in [1.165, 1.54) is 5.56 Å². The minimum atomic E-state index is 0.368. The van der Waals surface area contributed by atoms with Crippen LogP contribution >= 0.6 is 0 Å². The van der Waals surface area contributed by atoms with Crippen LogP contribution in [0, 0.1) is 0 Å². The molecule has 0 saturated heterocycles. The average Bonchev–Trinajstić information content (AvgIpc) is 2.26. The Kier molecular flexibility index (Phi) is 4.59. The number of phenols is 1. The van der Waals surface area contributed by atoms with E-state index in [2.05, 4.69) is 19.7 Å². The zero-order valence-electron chi connectivity index (χ0n) is 9.58. The van der Waals surface area contributed by atoms with Crippen molar-refractivity contribution in [2.45, 2.75) is 19.3 Å². The van der Waals surface area contributed by atoms with Crippen molar-refractivity contribution in [3.8, 4) is 5.75 Å². The lowest BCUT2D eigenvalue weighted by Gasteiger charge is -2.10. The maximum atomic E-state index is 10.0. The Hall–Kier alpha value is -1.76. The highest BCUT2D eigenvalue weighted by Gasteiger charge is 2.07. The third-order valence-corrected chi connectivity index (χ3v) is 2.44. The van der Waals surface area contributed by atoms with Gasteiger partial charge in [-0.1, -0.05) is 30.4 Å². The van der Waals surface area contributed by atoms with Crippen LogP contribution in [0.25, 0.3) is 0 Å². The summed E-state index contributed by atoms with van der Waals surface area (Å²) in [6.07, 6.45) is 7.63. The van der Waals surface area contributed by atoms with Crippen LogP contribution in [0.4, 0.5) is 0 Å². The van der Waals surface area contributed by atoms with E-state index in [9.17, 15) is 5.11 Å². The van der Waals surface area contributed by atoms with Crippen LogP contribution in [0.3, 0.4) is 0 Å². The third kappa shape index (κ3) is 2.86. The van der Waals surface area contributed by atoms with Crippen LogP contribution in [0.15, 0.2) is 50.1 Å². The second-order valence-electron chi connectivity index (χ2n) is 3.74. The Morgan fingerprint density at radius 2 is 1.31 bits per heavy atom. The minimum Gasteiger partial charge on any atom is -0.507 e. The molecule has 0 spiro atoms. The highest BCUT2D eigenvalue weighted by Crippen LogP contribution is 2.26. The van der Waals surface area contributed by atoms with Crippen LogP contribution in [-0.2, 0) is 19.3 Å². The number of aromatic hydroxyl groups is 1. The number of hydrogen-bond acceptors (Lipinski definition) is 1. The Morgan fingerprint density at radius 3 is 1.69 bits per heavy atom. The lowest BCUT2D eigenvalue weighted by Crippen LogP contribution is -1.93. The van der Waals surface area contributed by atoms with Crippen molar-refractivity contribution in [3.05, 3.63) is 66.8 Å². The highest BCUT2D eigenvalue weighted by atomic mass is 16.3. The van der Waals surface area contributed by atoms with Gasteiger partial charge in [0.15, 0.2) is 0 Å². The Labute approximate surface area is 97.4 Å². The first-order valence-electron chi connectivity index (χ1n) is 5.39. The molecule has 0 saturated carbocycles. The molecule has 1 aromatic rings. The molecule has 1 heteroatoms. The molecule has 1 rings (SSSR count). The van der Waals surface area contributed by atoms with Crippen LogP contribution in [-0.4, -0.2) is 5.11 Å². The number of hydrogen-bond donors (Lipinski definition) is 1. The molecule has 0 heterocycles. The normalized spacial score (nSPS) is 9.75. The molecule has 0 aliphatic carbocycles. The molecule has 0 aliphatic rings. The zero-order valence-corrected chi connectivity index (χ0v) is 9.58. The molecule has 0 atom stereocenters. The van der Waals surface area contributed by atoms with Crippen LogP contribution in [0.5, 0.6) is 5.75 Å². The van der Waals surface area contributed by atoms with E-state index < -0.39 is 0 Å². The summed E-state index contributed by atoms with van der Waals surface area (Å²) in [6.45, 7) is 11.1. The third-order valence-electron chi connectivity index (χ3n) is 2.44. The zero-order chi connectivity index (χ0) is 12.0. The van der Waals surface area contributed by atoms with E-state index in [4.69, 9.17) is 0 Å². The first-order valence-corrected chi connectivity index (χ1v) is 5.39. The predicted molar refractivity (Wildman–Crippen MR) is 69.8 cm³/mol. The number of phenolic OH excluding ortho intramolecular Hbond substituents is 1. The predicted octanol–water partition coefficient (Wildman–Crippen LogP) is 3.58. The molecule has 0 aliphatic heterocycles. The van der Waals surface area contributed by atoms with Gasteiger partial charge in [-0.15, -0.1) is 19.7 Å². The van der Waals surface area contributed by atoms with Gasteiger partial charge >= 0.3 is 0 Å². The molecular formula is C15H18O. The highest BCUT2D eigenvalue weighted by molar-refractivity contribution is 5.45. The van der Waals surface area contributed by atoms with Gasteiger partial charge in [0.25, 0.3) is 0 Å². The van der Waals surface area contributed by atoms with E-state index in [1.807, 2.05) is 18.2 Å². The molecule has 1 aromatic carbocycles. The Morgan fingerprint density at radius 1 is 0.875 bits per heavy atom. The van der Waals surface area contributed by atoms with Crippen LogP contribution in [0.1, 0.15) is 16.7 Å². The lowest BCUT2D eigenvalue weighted by molar-refractivity contribution is 0.464. The number of allylic oxidation sites excluding steroid dienone is 3. The largest absolute Gasteiger partial charge is 0.507 e. The van der Waals surface area contributed by atoms with Crippen molar-refractivity contribution in [1.82, 2.24) is 0 Å². The Balaban J connectivity index is 3.19. The molecule has 0 amide bonds. The fourth-order valence-electron chi connectivity index (χ4n) is 1.74. The number of benzene rings is 1. The van der Waals surface area contributed by atoms with Gasteiger partial charge in [-0.25, -0.2) is 0 Å². The topological polar surface area (TPSA) is 20.2 Å². The van der Waals surface area contributed by atoms with Crippen molar-refractivity contribution >= 4 is 0 Å². The van der Waals surface area contributed by atoms with E-state index >= 15 is 0 Å². The summed E-state index contributed by atoms with van der Waals surface area (Å²) in [5.74, 6) is 0.368. The standard InChI is InChI=1S/C15H18O/c1-4-7-12-10-13(8-5-2)15(16)14(11-12)9-6-3/h4-6,10-11,16H,1-3,7-9H2. The molecular weight excluding hydrogens is 196 g/mol. The summed E-state index contributed by atoms with van der Waals surface area (Å²) in [6, 6.07) is 4.01. The summed E-state index contributed by atoms with van der Waals surface area (Å²) in [5, 5.41) is 10.0. The first-order chi connectivity index (χ1) is 7.72. The van der Waals surface area contributed by atoms with E-state index in [0.29, 0.717) is 18.6 Å². The molecule has 16 heavy (non-hydrogen) atoms. The SMILES string of the molecule is C=CCc1cc(CC=C)c(O)c(CC=C)c1. The van der Waals surface area contributed by atoms with Crippen molar-refractivity contribution in [2.75, 3.05) is 0 Å². The molecule has 0 fully saturated rings. The summed E-state index contributed by atoms with van der Waals surface area (Å²) >= 11 is 0. The average molecular weight is 214 g/mol. The van der Waals surface area contributed by atoms with Crippen molar-refractivity contribution in [3.63, 3.8) is 0 Å². The quantitative estimate of drug-likeness (QED) is 0.718. The van der Waals surface area contributed by atoms with Gasteiger partial charge in [-0.3, -0.25) is 0 Å². The Bertz CT molecular complexity index is 371. The van der Waals surface area contributed by atoms with Crippen molar-refractivity contribution in [2.24, 2.45) is 0 Å². The first kappa shape index (κ1) is 12.3. The van der Waals surface area contributed by atoms with Gasteiger partial charge in [0.2, 0.25) is 0 Å². The summed E-state index contributed by atoms with van der Waals surface area (Å²) < 4.78 is 0. The maximum Gasteiger partial charge on any atom is 0.122 e. The van der Waals surface area contributed by atoms with E-state index in [0.717, 1.165) is 17.5 Å². The molecule has 0 radical (unpaired) electrons. The van der Waals surface area contributed by atoms with E-state index in [1.54, 1.807) is 12.2 Å². The molecule has 0 aromatic heterocycles. The van der Waals surface area contributed by atoms with Gasteiger partial charge < -0.3 is 5.11 Å². The molecule has 1 N–H and O–H groups in total. The maximum absolute atomic E-state index is 10.0. The molecule has 84 valence electrons. The second kappa shape index (κ2) is 5.96. The van der Waals surface area contributed by atoms with Gasteiger partial charge in [-0.2, -0.15) is 0 Å². The monoisotopic (exact) mass is 214 g/mol. The van der Waals surface area contributed by atoms with Crippen LogP contribution < -0.4 is 0 Å². The molecule has 0 bridgehead atoms. The smallest absolute Gasteiger partial charge is 0.122 e. The minimum absolute atomic E-state index is 0.368. The fraction of sp³-hybridized carbons (Fsp3) is 0.200. The summed E-state index contributed by atoms with van der Waals surface area (Å²) in [7, 11) is 0. The van der Waals surface area contributed by atoms with Crippen molar-refractivity contribution in [1.29, 1.82) is 0 Å². The second-order valence-corrected chi connectivity index (χ2v) is 3.74. The lowest BCUT2D eigenvalue weighted by atomic mass is 9.98. The van der Waals surface area contributed by atoms with Crippen molar-refractivity contribution < 1.29 is 5.11 Å². The van der Waals surface area contributed by atoms with E-state index in [-0.39, 0.29) is 0 Å². The van der Waals surface area contributed by atoms with Gasteiger partial charge in [0.05, 0.1) is 0 Å².